The van der Waals surface area contributed by atoms with E-state index in [9.17, 15) is 4.79 Å². The van der Waals surface area contributed by atoms with E-state index in [2.05, 4.69) is 0 Å². The molecule has 0 unspecified atom stereocenters. The van der Waals surface area contributed by atoms with E-state index in [1.165, 1.54) is 7.05 Å². The summed E-state index contributed by atoms with van der Waals surface area (Å²) in [6.45, 7) is -0.227. The van der Waals surface area contributed by atoms with Gasteiger partial charge < -0.3 is 54.2 Å². The van der Waals surface area contributed by atoms with E-state index >= 15 is 0 Å². The van der Waals surface area contributed by atoms with E-state index in [0.29, 0.717) is 0 Å². The summed E-state index contributed by atoms with van der Waals surface area (Å²) >= 11 is 0. The molecule has 0 spiro atoms. The van der Waals surface area contributed by atoms with Gasteiger partial charge in [-0.25, -0.2) is 0 Å². The van der Waals surface area contributed by atoms with Crippen LogP contribution in [0.2, 0.25) is 0 Å². The quantitative estimate of drug-likeness (QED) is 0.142. The first kappa shape index (κ1) is 38.2. The average molecular weight is 486 g/mol. The molecule has 18 heteroatoms. The molecule has 0 bridgehead atoms. The van der Waals surface area contributed by atoms with Gasteiger partial charge in [-0.3, -0.25) is 10.2 Å². The van der Waals surface area contributed by atoms with Gasteiger partial charge in [-0.1, -0.05) is 0 Å². The van der Waals surface area contributed by atoms with Gasteiger partial charge in [-0.15, -0.1) is 0 Å². The zero-order chi connectivity index (χ0) is 16.4. The van der Waals surface area contributed by atoms with Crippen molar-refractivity contribution < 1.29 is 99.6 Å². The van der Waals surface area contributed by atoms with E-state index < -0.39 is 21.6 Å². The minimum Gasteiger partial charge on any atom is -0.822 e. The number of nitrogens with one attached hydrogen (secondary N) is 1. The van der Waals surface area contributed by atoms with Crippen LogP contribution in [0.3, 0.4) is 0 Å². The Hall–Kier alpha value is 0.518. The Morgan fingerprint density at radius 1 is 1.05 bits per heavy atom. The number of guanidine groups is 1. The van der Waals surface area contributed by atoms with Crippen molar-refractivity contribution in [2.45, 2.75) is 0 Å². The van der Waals surface area contributed by atoms with Crippen LogP contribution >= 0.6 is 15.6 Å². The van der Waals surface area contributed by atoms with E-state index in [-0.39, 0.29) is 63.7 Å². The Balaban J connectivity index is -0.0000000434. The standard InChI is InChI=1S/C4H9N3O2.3Mn.2H3O4P/c1-7(4(5)6)2-3(8)9;;;;2*1-5(2,3)4/h2H2,1H3,(H3,5,6)(H,8,9);;;;2*(H3,1,2,3,4)/q;3*+2;;/p-6. The van der Waals surface area contributed by atoms with Crippen molar-refractivity contribution in [1.29, 1.82) is 5.41 Å². The molecule has 22 heavy (non-hydrogen) atoms. The van der Waals surface area contributed by atoms with Gasteiger partial charge in [0.2, 0.25) is 0 Å². The summed E-state index contributed by atoms with van der Waals surface area (Å²) in [5.41, 5.74) is 4.93. The van der Waals surface area contributed by atoms with Crippen LogP contribution in [0, 0.1) is 5.41 Å². The van der Waals surface area contributed by atoms with Gasteiger partial charge in [-0.05, 0) is 0 Å². The zero-order valence-electron chi connectivity index (χ0n) is 10.4. The van der Waals surface area contributed by atoms with Gasteiger partial charge in [0.15, 0.2) is 5.96 Å². The molecule has 0 aliphatic rings. The van der Waals surface area contributed by atoms with Crippen LogP contribution in [0.4, 0.5) is 0 Å². The van der Waals surface area contributed by atoms with Crippen LogP contribution in [-0.4, -0.2) is 35.5 Å². The first-order chi connectivity index (χ1) is 8.04. The topological polar surface area (TPSA) is 263 Å². The number of likely N-dealkylation sites (N-methyl/N-ethyl adjacent to an activating group) is 1. The second-order valence-electron chi connectivity index (χ2n) is 2.53. The van der Waals surface area contributed by atoms with Gasteiger partial charge in [0, 0.05) is 7.05 Å². The van der Waals surface area contributed by atoms with Crippen LogP contribution in [-0.2, 0) is 65.1 Å². The van der Waals surface area contributed by atoms with Crippen molar-refractivity contribution >= 4 is 27.6 Å². The molecular weight excluding hydrogens is 477 g/mol. The molecule has 0 rings (SSSR count). The summed E-state index contributed by atoms with van der Waals surface area (Å²) in [6.07, 6.45) is 0. The molecule has 0 saturated heterocycles. The maximum Gasteiger partial charge on any atom is 2.00 e. The second kappa shape index (κ2) is 17.9. The number of nitrogens with two attached hydrogens (primary N) is 1. The first-order valence-electron chi connectivity index (χ1n) is 3.77. The molecule has 0 aliphatic heterocycles. The third-order valence-corrected chi connectivity index (χ3v) is 0.784. The minimum absolute atomic E-state index is 0. The van der Waals surface area contributed by atoms with E-state index in [4.69, 9.17) is 54.7 Å². The third-order valence-electron chi connectivity index (χ3n) is 0.784. The zero-order valence-corrected chi connectivity index (χ0v) is 15.7. The van der Waals surface area contributed by atoms with Gasteiger partial charge in [0.1, 0.15) is 6.54 Å². The summed E-state index contributed by atoms with van der Waals surface area (Å²) in [6, 6.07) is 0. The van der Waals surface area contributed by atoms with E-state index in [0.717, 1.165) is 4.90 Å². The predicted octanol–water partition coefficient (Wildman–Crippen LogP) is -6.76. The van der Waals surface area contributed by atoms with Crippen LogP contribution in [0.5, 0.6) is 0 Å². The average Bonchev–Trinajstić information content (AvgIpc) is 1.94. The van der Waals surface area contributed by atoms with Crippen molar-refractivity contribution in [2.24, 2.45) is 5.73 Å². The predicted molar refractivity (Wildman–Crippen MR) is 47.4 cm³/mol. The normalized spacial score (nSPS) is 8.86. The van der Waals surface area contributed by atoms with Crippen molar-refractivity contribution in [2.75, 3.05) is 13.6 Å². The summed E-state index contributed by atoms with van der Waals surface area (Å²) in [7, 11) is -9.34. The first-order valence-corrected chi connectivity index (χ1v) is 6.69. The Morgan fingerprint density at radius 3 is 1.27 bits per heavy atom. The maximum atomic E-state index is 9.92. The largest absolute Gasteiger partial charge is 2.00 e. The second-order valence-corrected chi connectivity index (χ2v) is 4.32. The number of hydrogen-bond donors (Lipinski definition) is 3. The summed E-state index contributed by atoms with van der Waals surface area (Å²) in [4.78, 5) is 62.3. The number of carboxylic acid groups (broad SMARTS) is 1. The fourth-order valence-corrected chi connectivity index (χ4v) is 0.288. The molecule has 13 nitrogen and oxygen atoms in total. The molecule has 131 valence electrons. The summed E-state index contributed by atoms with van der Waals surface area (Å²) in [5.74, 6) is -1.23. The fraction of sp³-hybridized carbons (Fsp3) is 0.500. The molecule has 0 aromatic carbocycles. The molecular formula is C4H9Mn3N3O10P2. The fourth-order valence-electron chi connectivity index (χ4n) is 0.288. The Bertz CT molecular complexity index is 349. The molecule has 0 aromatic rings. The number of carbonyl (C=O) groups is 1. The Labute approximate surface area is 156 Å². The SMILES string of the molecule is CN(CC(=O)O)C(=N)N.O=P([O-])([O-])[O-].O=P([O-])([O-])[O-].[Mn+2].[Mn+2].[Mn+2]. The molecule has 0 aromatic heterocycles. The van der Waals surface area contributed by atoms with Crippen LogP contribution in [0.15, 0.2) is 0 Å². The summed E-state index contributed by atoms with van der Waals surface area (Å²) < 4.78 is 17.1. The summed E-state index contributed by atoms with van der Waals surface area (Å²) in [5, 5.41) is 14.9. The number of nitrogens with zero attached hydrogens (tertiary/aromatic N) is 1. The van der Waals surface area contributed by atoms with Gasteiger partial charge in [0.25, 0.3) is 0 Å². The number of carboxylic acids is 1. The molecule has 4 N–H and O–H groups in total. The van der Waals surface area contributed by atoms with Crippen molar-refractivity contribution in [3.63, 3.8) is 0 Å². The van der Waals surface area contributed by atoms with E-state index in [1.807, 2.05) is 0 Å². The smallest absolute Gasteiger partial charge is 0.822 e. The number of hydrogen-bond acceptors (Lipinski definition) is 10. The maximum absolute atomic E-state index is 9.92. The number of aliphatic carboxylic acids is 1. The van der Waals surface area contributed by atoms with E-state index in [1.54, 1.807) is 0 Å². The van der Waals surface area contributed by atoms with Crippen LogP contribution < -0.4 is 35.1 Å². The molecule has 0 fully saturated rings. The van der Waals surface area contributed by atoms with Crippen LogP contribution in [0.1, 0.15) is 0 Å². The van der Waals surface area contributed by atoms with Crippen molar-refractivity contribution in [3.8, 4) is 0 Å². The monoisotopic (exact) mass is 486 g/mol. The Morgan fingerprint density at radius 2 is 1.23 bits per heavy atom. The van der Waals surface area contributed by atoms with Crippen molar-refractivity contribution in [3.05, 3.63) is 0 Å². The van der Waals surface area contributed by atoms with Crippen molar-refractivity contribution in [1.82, 2.24) is 4.90 Å². The number of phosphoric acid groups is 2. The molecule has 0 saturated carbocycles. The molecule has 3 radical (unpaired) electrons. The molecule has 0 atom stereocenters. The molecule has 0 amide bonds. The number of rotatable bonds is 2. The molecule has 0 heterocycles. The molecule has 0 aliphatic carbocycles. The van der Waals surface area contributed by atoms with Gasteiger partial charge >= 0.3 is 57.2 Å². The Kier molecular flexibility index (Phi) is 31.0. The van der Waals surface area contributed by atoms with Gasteiger partial charge in [0.05, 0.1) is 0 Å². The van der Waals surface area contributed by atoms with Gasteiger partial charge in [-0.2, -0.15) is 15.6 Å². The minimum atomic E-state index is -5.39. The third kappa shape index (κ3) is 108. The van der Waals surface area contributed by atoms with Crippen LogP contribution in [0.25, 0.3) is 0 Å².